The zero-order valence-electron chi connectivity index (χ0n) is 6.46. The summed E-state index contributed by atoms with van der Waals surface area (Å²) >= 11 is 0. The lowest BCUT2D eigenvalue weighted by Crippen LogP contribution is -2.15. The minimum Gasteiger partial charge on any atom is -0.308 e. The summed E-state index contributed by atoms with van der Waals surface area (Å²) in [4.78, 5) is 4.22. The van der Waals surface area contributed by atoms with Crippen LogP contribution < -0.4 is 5.32 Å². The molecule has 1 aromatic heterocycles. The minimum atomic E-state index is 0.775. The Hall–Kier alpha value is -0.890. The molecule has 1 N–H and O–H groups in total. The number of rotatable bonds is 3. The van der Waals surface area contributed by atoms with Crippen LogP contribution in [-0.4, -0.2) is 11.0 Å². The van der Waals surface area contributed by atoms with Gasteiger partial charge in [-0.25, -0.2) is 0 Å². The molecule has 1 aliphatic rings. The van der Waals surface area contributed by atoms with E-state index in [1.165, 1.54) is 12.8 Å². The molecule has 0 spiro atoms. The zero-order valence-corrected chi connectivity index (χ0v) is 6.46. The largest absolute Gasteiger partial charge is 0.308 e. The molecule has 1 fully saturated rings. The van der Waals surface area contributed by atoms with Crippen LogP contribution in [0.4, 0.5) is 0 Å². The lowest BCUT2D eigenvalue weighted by molar-refractivity contribution is 0.674. The number of nitrogens with one attached hydrogen (secondary N) is 1. The van der Waals surface area contributed by atoms with E-state index in [1.54, 1.807) is 0 Å². The third-order valence-corrected chi connectivity index (χ3v) is 1.88. The highest BCUT2D eigenvalue weighted by molar-refractivity contribution is 5.03. The summed E-state index contributed by atoms with van der Waals surface area (Å²) in [5.74, 6) is 0. The Kier molecular flexibility index (Phi) is 1.86. The Balaban J connectivity index is 1.85. The quantitative estimate of drug-likeness (QED) is 0.699. The van der Waals surface area contributed by atoms with Crippen LogP contribution in [0.15, 0.2) is 24.4 Å². The second-order valence-corrected chi connectivity index (χ2v) is 2.98. The molecule has 2 rings (SSSR count). The Morgan fingerprint density at radius 1 is 1.45 bits per heavy atom. The van der Waals surface area contributed by atoms with Gasteiger partial charge in [-0.05, 0) is 25.0 Å². The van der Waals surface area contributed by atoms with Gasteiger partial charge in [-0.15, -0.1) is 0 Å². The molecule has 58 valence electrons. The van der Waals surface area contributed by atoms with Gasteiger partial charge in [0.1, 0.15) is 0 Å². The SMILES string of the molecule is c1ccc(CNC2CC2)nc1. The Morgan fingerprint density at radius 3 is 3.00 bits per heavy atom. The van der Waals surface area contributed by atoms with Gasteiger partial charge >= 0.3 is 0 Å². The van der Waals surface area contributed by atoms with Crippen LogP contribution in [0.2, 0.25) is 0 Å². The van der Waals surface area contributed by atoms with Crippen molar-refractivity contribution in [1.29, 1.82) is 0 Å². The molecule has 0 aliphatic heterocycles. The molecule has 1 heterocycles. The molecule has 2 heteroatoms. The van der Waals surface area contributed by atoms with Crippen LogP contribution in [0.5, 0.6) is 0 Å². The summed E-state index contributed by atoms with van der Waals surface area (Å²) in [5, 5.41) is 3.41. The fraction of sp³-hybridized carbons (Fsp3) is 0.444. The lowest BCUT2D eigenvalue weighted by Gasteiger charge is -1.99. The molecular weight excluding hydrogens is 136 g/mol. The normalized spacial score (nSPS) is 16.7. The highest BCUT2D eigenvalue weighted by Crippen LogP contribution is 2.18. The van der Waals surface area contributed by atoms with Crippen molar-refractivity contribution in [1.82, 2.24) is 10.3 Å². The van der Waals surface area contributed by atoms with Crippen LogP contribution in [0.25, 0.3) is 0 Å². The molecule has 2 nitrogen and oxygen atoms in total. The average Bonchev–Trinajstić information content (AvgIpc) is 2.86. The maximum Gasteiger partial charge on any atom is 0.0541 e. The Bertz CT molecular complexity index is 216. The fourth-order valence-corrected chi connectivity index (χ4v) is 1.04. The molecule has 1 aromatic rings. The van der Waals surface area contributed by atoms with Gasteiger partial charge in [0.15, 0.2) is 0 Å². The third kappa shape index (κ3) is 2.02. The topological polar surface area (TPSA) is 24.9 Å². The molecule has 0 bridgehead atoms. The highest BCUT2D eigenvalue weighted by Gasteiger charge is 2.19. The fourth-order valence-electron chi connectivity index (χ4n) is 1.04. The van der Waals surface area contributed by atoms with E-state index in [9.17, 15) is 0 Å². The summed E-state index contributed by atoms with van der Waals surface area (Å²) in [6.45, 7) is 0.922. The molecule has 0 atom stereocenters. The van der Waals surface area contributed by atoms with Crippen molar-refractivity contribution < 1.29 is 0 Å². The van der Waals surface area contributed by atoms with Crippen LogP contribution in [0.1, 0.15) is 18.5 Å². The van der Waals surface area contributed by atoms with Gasteiger partial charge in [0.2, 0.25) is 0 Å². The van der Waals surface area contributed by atoms with Crippen LogP contribution >= 0.6 is 0 Å². The van der Waals surface area contributed by atoms with Crippen molar-refractivity contribution in [3.63, 3.8) is 0 Å². The summed E-state index contributed by atoms with van der Waals surface area (Å²) in [6.07, 6.45) is 4.52. The molecule has 0 radical (unpaired) electrons. The van der Waals surface area contributed by atoms with Crippen molar-refractivity contribution in [3.8, 4) is 0 Å². The van der Waals surface area contributed by atoms with Gasteiger partial charge in [-0.3, -0.25) is 4.98 Å². The van der Waals surface area contributed by atoms with Crippen molar-refractivity contribution >= 4 is 0 Å². The maximum absolute atomic E-state index is 4.22. The Morgan fingerprint density at radius 2 is 2.36 bits per heavy atom. The van der Waals surface area contributed by atoms with E-state index in [0.717, 1.165) is 18.3 Å². The second kappa shape index (κ2) is 3.01. The molecule has 0 saturated heterocycles. The van der Waals surface area contributed by atoms with Crippen molar-refractivity contribution in [2.45, 2.75) is 25.4 Å². The molecule has 0 amide bonds. The van der Waals surface area contributed by atoms with Gasteiger partial charge in [-0.1, -0.05) is 6.07 Å². The van der Waals surface area contributed by atoms with Gasteiger partial charge in [-0.2, -0.15) is 0 Å². The van der Waals surface area contributed by atoms with E-state index in [2.05, 4.69) is 16.4 Å². The van der Waals surface area contributed by atoms with E-state index in [0.29, 0.717) is 0 Å². The van der Waals surface area contributed by atoms with Crippen molar-refractivity contribution in [2.24, 2.45) is 0 Å². The first-order valence-electron chi connectivity index (χ1n) is 4.08. The van der Waals surface area contributed by atoms with Crippen molar-refractivity contribution in [2.75, 3.05) is 0 Å². The first kappa shape index (κ1) is 6.80. The molecule has 0 unspecified atom stereocenters. The zero-order chi connectivity index (χ0) is 7.52. The predicted molar refractivity (Wildman–Crippen MR) is 44.1 cm³/mol. The van der Waals surface area contributed by atoms with E-state index in [-0.39, 0.29) is 0 Å². The number of aromatic nitrogens is 1. The summed E-state index contributed by atoms with van der Waals surface area (Å²) in [5.41, 5.74) is 1.14. The molecule has 11 heavy (non-hydrogen) atoms. The Labute approximate surface area is 66.7 Å². The lowest BCUT2D eigenvalue weighted by atomic mass is 10.3. The van der Waals surface area contributed by atoms with Crippen LogP contribution in [0.3, 0.4) is 0 Å². The van der Waals surface area contributed by atoms with Gasteiger partial charge in [0.05, 0.1) is 5.69 Å². The molecule has 0 aromatic carbocycles. The van der Waals surface area contributed by atoms with Gasteiger partial charge < -0.3 is 5.32 Å². The monoisotopic (exact) mass is 148 g/mol. The average molecular weight is 148 g/mol. The van der Waals surface area contributed by atoms with Crippen molar-refractivity contribution in [3.05, 3.63) is 30.1 Å². The smallest absolute Gasteiger partial charge is 0.0541 e. The predicted octanol–water partition coefficient (Wildman–Crippen LogP) is 1.33. The molecule has 1 saturated carbocycles. The highest BCUT2D eigenvalue weighted by atomic mass is 15.0. The first-order chi connectivity index (χ1) is 5.45. The molecular formula is C9H12N2. The van der Waals surface area contributed by atoms with Gasteiger partial charge in [0, 0.05) is 18.8 Å². The van der Waals surface area contributed by atoms with Gasteiger partial charge in [0.25, 0.3) is 0 Å². The third-order valence-electron chi connectivity index (χ3n) is 1.88. The summed E-state index contributed by atoms with van der Waals surface area (Å²) in [6, 6.07) is 6.80. The van der Waals surface area contributed by atoms with E-state index >= 15 is 0 Å². The van der Waals surface area contributed by atoms with E-state index < -0.39 is 0 Å². The van der Waals surface area contributed by atoms with E-state index in [1.807, 2.05) is 18.3 Å². The maximum atomic E-state index is 4.22. The van der Waals surface area contributed by atoms with Crippen LogP contribution in [0, 0.1) is 0 Å². The standard InChI is InChI=1S/C9H12N2/c1-2-6-10-9(3-1)7-11-8-4-5-8/h1-3,6,8,11H,4-5,7H2. The minimum absolute atomic E-state index is 0.775. The first-order valence-corrected chi connectivity index (χ1v) is 4.08. The number of hydrogen-bond acceptors (Lipinski definition) is 2. The number of nitrogens with zero attached hydrogens (tertiary/aromatic N) is 1. The number of pyridine rings is 1. The summed E-state index contributed by atoms with van der Waals surface area (Å²) < 4.78 is 0. The van der Waals surface area contributed by atoms with E-state index in [4.69, 9.17) is 0 Å². The number of hydrogen-bond donors (Lipinski definition) is 1. The van der Waals surface area contributed by atoms with Crippen LogP contribution in [-0.2, 0) is 6.54 Å². The summed E-state index contributed by atoms with van der Waals surface area (Å²) in [7, 11) is 0. The molecule has 1 aliphatic carbocycles. The second-order valence-electron chi connectivity index (χ2n) is 2.98.